The van der Waals surface area contributed by atoms with Gasteiger partial charge in [0.2, 0.25) is 5.91 Å². The zero-order chi connectivity index (χ0) is 17.9. The number of carbonyl (C=O) groups excluding carboxylic acids is 2. The Balaban J connectivity index is 2.13. The fraction of sp³-hybridized carbons (Fsp3) is 0.556. The Morgan fingerprint density at radius 1 is 1.08 bits per heavy atom. The second kappa shape index (κ2) is 7.20. The molecule has 0 bridgehead atoms. The first-order chi connectivity index (χ1) is 11.2. The first-order valence-corrected chi connectivity index (χ1v) is 8.16. The summed E-state index contributed by atoms with van der Waals surface area (Å²) < 4.78 is 18.7. The molecule has 1 aromatic rings. The number of hydrogen-bond acceptors (Lipinski definition) is 3. The number of halogens is 1. The molecule has 0 unspecified atom stereocenters. The summed E-state index contributed by atoms with van der Waals surface area (Å²) in [6.07, 6.45) is 0.700. The molecule has 0 spiro atoms. The summed E-state index contributed by atoms with van der Waals surface area (Å²) in [6, 6.07) is 3.92. The van der Waals surface area contributed by atoms with Crippen LogP contribution >= 0.6 is 0 Å². The van der Waals surface area contributed by atoms with Crippen LogP contribution in [0.5, 0.6) is 5.75 Å². The lowest BCUT2D eigenvalue weighted by atomic mass is 9.94. The quantitative estimate of drug-likeness (QED) is 0.834. The van der Waals surface area contributed by atoms with Crippen molar-refractivity contribution in [2.45, 2.75) is 27.2 Å². The second-order valence-electron chi connectivity index (χ2n) is 7.03. The van der Waals surface area contributed by atoms with Gasteiger partial charge in [-0.25, -0.2) is 4.39 Å². The van der Waals surface area contributed by atoms with Crippen molar-refractivity contribution >= 4 is 11.8 Å². The minimum absolute atomic E-state index is 0.0835. The fourth-order valence-corrected chi connectivity index (χ4v) is 2.82. The summed E-state index contributed by atoms with van der Waals surface area (Å²) in [7, 11) is 1.45. The number of ether oxygens (including phenoxy) is 1. The van der Waals surface area contributed by atoms with Gasteiger partial charge in [-0.05, 0) is 24.6 Å². The third-order valence-electron chi connectivity index (χ3n) is 4.10. The van der Waals surface area contributed by atoms with Crippen LogP contribution in [0.4, 0.5) is 4.39 Å². The summed E-state index contributed by atoms with van der Waals surface area (Å²) in [4.78, 5) is 28.6. The molecule has 1 fully saturated rings. The molecule has 1 aliphatic heterocycles. The molecule has 0 aliphatic carbocycles. The van der Waals surface area contributed by atoms with E-state index in [4.69, 9.17) is 4.74 Å². The molecule has 0 atom stereocenters. The van der Waals surface area contributed by atoms with Crippen molar-refractivity contribution < 1.29 is 18.7 Å². The van der Waals surface area contributed by atoms with E-state index in [9.17, 15) is 14.0 Å². The molecule has 1 aliphatic rings. The van der Waals surface area contributed by atoms with Crippen LogP contribution in [0.25, 0.3) is 0 Å². The van der Waals surface area contributed by atoms with Crippen molar-refractivity contribution in [3.05, 3.63) is 29.6 Å². The first kappa shape index (κ1) is 18.2. The van der Waals surface area contributed by atoms with Crippen LogP contribution in [0.3, 0.4) is 0 Å². The summed E-state index contributed by atoms with van der Waals surface area (Å²) in [5, 5.41) is 0. The molecule has 1 saturated heterocycles. The van der Waals surface area contributed by atoms with Crippen LogP contribution in [-0.4, -0.2) is 54.9 Å². The van der Waals surface area contributed by atoms with E-state index in [1.165, 1.54) is 25.3 Å². The highest BCUT2D eigenvalue weighted by atomic mass is 19.1. The number of benzene rings is 1. The maximum Gasteiger partial charge on any atom is 0.257 e. The predicted octanol–water partition coefficient (Wildman–Crippen LogP) is 2.55. The van der Waals surface area contributed by atoms with Gasteiger partial charge in [-0.1, -0.05) is 20.8 Å². The number of rotatable bonds is 2. The molecule has 132 valence electrons. The van der Waals surface area contributed by atoms with Gasteiger partial charge in [-0.15, -0.1) is 0 Å². The average Bonchev–Trinajstić information content (AvgIpc) is 2.78. The minimum atomic E-state index is -0.474. The van der Waals surface area contributed by atoms with Gasteiger partial charge in [0.1, 0.15) is 11.6 Å². The molecule has 24 heavy (non-hydrogen) atoms. The molecule has 0 radical (unpaired) electrons. The zero-order valence-corrected chi connectivity index (χ0v) is 14.8. The van der Waals surface area contributed by atoms with Crippen LogP contribution in [0.15, 0.2) is 18.2 Å². The van der Waals surface area contributed by atoms with E-state index in [2.05, 4.69) is 0 Å². The van der Waals surface area contributed by atoms with Gasteiger partial charge in [0.15, 0.2) is 0 Å². The maximum absolute atomic E-state index is 13.5. The van der Waals surface area contributed by atoms with Crippen LogP contribution in [0.1, 0.15) is 37.6 Å². The SMILES string of the molecule is COc1ccc(F)cc1C(=O)N1CCCN(C(=O)C(C)(C)C)CC1. The van der Waals surface area contributed by atoms with Gasteiger partial charge in [0, 0.05) is 31.6 Å². The Labute approximate surface area is 142 Å². The van der Waals surface area contributed by atoms with Crippen LogP contribution < -0.4 is 4.74 Å². The monoisotopic (exact) mass is 336 g/mol. The van der Waals surface area contributed by atoms with Gasteiger partial charge in [-0.3, -0.25) is 9.59 Å². The Morgan fingerprint density at radius 2 is 1.71 bits per heavy atom. The van der Waals surface area contributed by atoms with E-state index < -0.39 is 11.2 Å². The second-order valence-corrected chi connectivity index (χ2v) is 7.03. The average molecular weight is 336 g/mol. The standard InChI is InChI=1S/C18H25FN2O3/c1-18(2,3)17(23)21-9-5-8-20(10-11-21)16(22)14-12-13(19)6-7-15(14)24-4/h6-7,12H,5,8-11H2,1-4H3. The van der Waals surface area contributed by atoms with E-state index in [1.54, 1.807) is 9.80 Å². The fourth-order valence-electron chi connectivity index (χ4n) is 2.82. The van der Waals surface area contributed by atoms with Crippen molar-refractivity contribution in [1.82, 2.24) is 9.80 Å². The van der Waals surface area contributed by atoms with Crippen LogP contribution in [-0.2, 0) is 4.79 Å². The molecule has 0 N–H and O–H groups in total. The van der Waals surface area contributed by atoms with Gasteiger partial charge in [0.25, 0.3) is 5.91 Å². The lowest BCUT2D eigenvalue weighted by molar-refractivity contribution is -0.139. The topological polar surface area (TPSA) is 49.9 Å². The van der Waals surface area contributed by atoms with Crippen molar-refractivity contribution in [3.63, 3.8) is 0 Å². The number of nitrogens with zero attached hydrogens (tertiary/aromatic N) is 2. The third-order valence-corrected chi connectivity index (χ3v) is 4.10. The number of amides is 2. The Bertz CT molecular complexity index is 625. The van der Waals surface area contributed by atoms with Crippen molar-refractivity contribution in [3.8, 4) is 5.75 Å². The highest BCUT2D eigenvalue weighted by molar-refractivity contribution is 5.97. The Kier molecular flexibility index (Phi) is 5.47. The zero-order valence-electron chi connectivity index (χ0n) is 14.8. The summed E-state index contributed by atoms with van der Waals surface area (Å²) >= 11 is 0. The molecule has 0 aromatic heterocycles. The van der Waals surface area contributed by atoms with E-state index in [-0.39, 0.29) is 17.4 Å². The number of hydrogen-bond donors (Lipinski definition) is 0. The first-order valence-electron chi connectivity index (χ1n) is 8.16. The Hall–Kier alpha value is -2.11. The smallest absolute Gasteiger partial charge is 0.257 e. The molecule has 6 heteroatoms. The van der Waals surface area contributed by atoms with Crippen molar-refractivity contribution in [2.75, 3.05) is 33.3 Å². The van der Waals surface area contributed by atoms with E-state index in [1.807, 2.05) is 20.8 Å². The van der Waals surface area contributed by atoms with E-state index in [0.29, 0.717) is 38.3 Å². The lowest BCUT2D eigenvalue weighted by Gasteiger charge is -2.28. The third kappa shape index (κ3) is 4.04. The van der Waals surface area contributed by atoms with Gasteiger partial charge in [-0.2, -0.15) is 0 Å². The summed E-state index contributed by atoms with van der Waals surface area (Å²) in [5.74, 6) is -0.302. The van der Waals surface area contributed by atoms with E-state index in [0.717, 1.165) is 0 Å². The lowest BCUT2D eigenvalue weighted by Crippen LogP contribution is -2.42. The van der Waals surface area contributed by atoms with Gasteiger partial charge < -0.3 is 14.5 Å². The molecule has 0 saturated carbocycles. The van der Waals surface area contributed by atoms with Gasteiger partial charge >= 0.3 is 0 Å². The number of methoxy groups -OCH3 is 1. The maximum atomic E-state index is 13.5. The van der Waals surface area contributed by atoms with Crippen LogP contribution in [0.2, 0.25) is 0 Å². The van der Waals surface area contributed by atoms with Crippen molar-refractivity contribution in [1.29, 1.82) is 0 Å². The van der Waals surface area contributed by atoms with Crippen LogP contribution in [0, 0.1) is 11.2 Å². The molecule has 2 rings (SSSR count). The molecular formula is C18H25FN2O3. The van der Waals surface area contributed by atoms with E-state index >= 15 is 0 Å². The Morgan fingerprint density at radius 3 is 2.33 bits per heavy atom. The highest BCUT2D eigenvalue weighted by Gasteiger charge is 2.30. The normalized spacial score (nSPS) is 15.9. The summed E-state index contributed by atoms with van der Waals surface area (Å²) in [6.45, 7) is 7.74. The molecule has 1 heterocycles. The number of carbonyl (C=O) groups is 2. The minimum Gasteiger partial charge on any atom is -0.496 e. The molecule has 2 amide bonds. The highest BCUT2D eigenvalue weighted by Crippen LogP contribution is 2.23. The largest absolute Gasteiger partial charge is 0.496 e. The van der Waals surface area contributed by atoms with Gasteiger partial charge in [0.05, 0.1) is 12.7 Å². The predicted molar refractivity (Wildman–Crippen MR) is 89.5 cm³/mol. The molecule has 5 nitrogen and oxygen atoms in total. The molecular weight excluding hydrogens is 311 g/mol. The molecule has 1 aromatic carbocycles. The van der Waals surface area contributed by atoms with Crippen molar-refractivity contribution in [2.24, 2.45) is 5.41 Å². The summed E-state index contributed by atoms with van der Waals surface area (Å²) in [5.41, 5.74) is -0.224.